The highest BCUT2D eigenvalue weighted by Gasteiger charge is 2.33. The second-order valence-corrected chi connectivity index (χ2v) is 8.94. The SMILES string of the molecule is Cc1nn(-c2ccccc2)c(C)c1CC(=O)NNC(=O)[C@H]1CCS(=O)(=O)C1. The van der Waals surface area contributed by atoms with Crippen LogP contribution >= 0.6 is 0 Å². The smallest absolute Gasteiger partial charge is 0.242 e. The molecule has 2 amide bonds. The Morgan fingerprint density at radius 1 is 1.19 bits per heavy atom. The molecule has 2 N–H and O–H groups in total. The highest BCUT2D eigenvalue weighted by Crippen LogP contribution is 2.19. The highest BCUT2D eigenvalue weighted by molar-refractivity contribution is 7.91. The molecule has 2 heterocycles. The monoisotopic (exact) mass is 390 g/mol. The Morgan fingerprint density at radius 2 is 1.89 bits per heavy atom. The second kappa shape index (κ2) is 7.51. The Labute approximate surface area is 157 Å². The number of amides is 2. The zero-order valence-corrected chi connectivity index (χ0v) is 16.0. The molecule has 1 atom stereocenters. The van der Waals surface area contributed by atoms with Crippen molar-refractivity contribution in [3.8, 4) is 5.69 Å². The number of carbonyl (C=O) groups is 2. The van der Waals surface area contributed by atoms with Crippen LogP contribution in [0.1, 0.15) is 23.4 Å². The predicted molar refractivity (Wildman–Crippen MR) is 99.8 cm³/mol. The van der Waals surface area contributed by atoms with Gasteiger partial charge in [-0.25, -0.2) is 13.1 Å². The van der Waals surface area contributed by atoms with E-state index in [4.69, 9.17) is 0 Å². The summed E-state index contributed by atoms with van der Waals surface area (Å²) in [6.45, 7) is 3.72. The van der Waals surface area contributed by atoms with Crippen molar-refractivity contribution in [1.82, 2.24) is 20.6 Å². The van der Waals surface area contributed by atoms with Gasteiger partial charge in [0, 0.05) is 11.3 Å². The van der Waals surface area contributed by atoms with Crippen molar-refractivity contribution in [2.75, 3.05) is 11.5 Å². The largest absolute Gasteiger partial charge is 0.273 e. The number of hydrazine groups is 1. The minimum Gasteiger partial charge on any atom is -0.273 e. The van der Waals surface area contributed by atoms with Crippen molar-refractivity contribution in [1.29, 1.82) is 0 Å². The summed E-state index contributed by atoms with van der Waals surface area (Å²) in [5, 5.41) is 4.49. The van der Waals surface area contributed by atoms with Crippen molar-refractivity contribution in [2.24, 2.45) is 5.92 Å². The maximum absolute atomic E-state index is 12.2. The first-order chi connectivity index (χ1) is 12.8. The van der Waals surface area contributed by atoms with Gasteiger partial charge in [0.15, 0.2) is 9.84 Å². The van der Waals surface area contributed by atoms with E-state index in [0.717, 1.165) is 22.6 Å². The fourth-order valence-electron chi connectivity index (χ4n) is 3.19. The molecule has 1 fully saturated rings. The zero-order valence-electron chi connectivity index (χ0n) is 15.2. The molecule has 1 aliphatic heterocycles. The standard InChI is InChI=1S/C18H22N4O4S/c1-12-16(13(2)22(21-12)15-6-4-3-5-7-15)10-17(23)19-20-18(24)14-8-9-27(25,26)11-14/h3-7,14H,8-11H2,1-2H3,(H,19,23)(H,20,24)/t14-/m0/s1. The molecule has 0 radical (unpaired) electrons. The molecule has 3 rings (SSSR count). The van der Waals surface area contributed by atoms with E-state index in [-0.39, 0.29) is 30.3 Å². The van der Waals surface area contributed by atoms with Crippen LogP contribution in [0.3, 0.4) is 0 Å². The summed E-state index contributed by atoms with van der Waals surface area (Å²) < 4.78 is 24.7. The fraction of sp³-hybridized carbons (Fsp3) is 0.389. The van der Waals surface area contributed by atoms with Gasteiger partial charge in [-0.1, -0.05) is 18.2 Å². The number of nitrogens with zero attached hydrogens (tertiary/aromatic N) is 2. The number of para-hydroxylation sites is 1. The number of nitrogens with one attached hydrogen (secondary N) is 2. The van der Waals surface area contributed by atoms with Gasteiger partial charge in [-0.15, -0.1) is 0 Å². The number of aromatic nitrogens is 2. The van der Waals surface area contributed by atoms with E-state index in [1.165, 1.54) is 0 Å². The van der Waals surface area contributed by atoms with Crippen molar-refractivity contribution in [3.63, 3.8) is 0 Å². The maximum Gasteiger partial charge on any atom is 0.242 e. The first-order valence-electron chi connectivity index (χ1n) is 8.66. The van der Waals surface area contributed by atoms with Gasteiger partial charge in [-0.05, 0) is 32.4 Å². The van der Waals surface area contributed by atoms with Crippen LogP contribution in [-0.2, 0) is 25.8 Å². The third-order valence-electron chi connectivity index (χ3n) is 4.71. The van der Waals surface area contributed by atoms with Crippen LogP contribution in [0.4, 0.5) is 0 Å². The van der Waals surface area contributed by atoms with Crippen LogP contribution in [0, 0.1) is 19.8 Å². The van der Waals surface area contributed by atoms with Crippen LogP contribution in [0.15, 0.2) is 30.3 Å². The number of hydrogen-bond donors (Lipinski definition) is 2. The Bertz CT molecular complexity index is 967. The van der Waals surface area contributed by atoms with Gasteiger partial charge >= 0.3 is 0 Å². The summed E-state index contributed by atoms with van der Waals surface area (Å²) in [7, 11) is -3.15. The molecular weight excluding hydrogens is 368 g/mol. The summed E-state index contributed by atoms with van der Waals surface area (Å²) >= 11 is 0. The molecule has 0 bridgehead atoms. The summed E-state index contributed by atoms with van der Waals surface area (Å²) in [5.74, 6) is -1.63. The van der Waals surface area contributed by atoms with Gasteiger partial charge in [0.05, 0.1) is 35.2 Å². The van der Waals surface area contributed by atoms with E-state index in [0.29, 0.717) is 0 Å². The van der Waals surface area contributed by atoms with Crippen molar-refractivity contribution in [3.05, 3.63) is 47.3 Å². The van der Waals surface area contributed by atoms with Crippen LogP contribution < -0.4 is 10.9 Å². The Kier molecular flexibility index (Phi) is 5.31. The molecule has 0 aliphatic carbocycles. The number of sulfone groups is 1. The van der Waals surface area contributed by atoms with Crippen LogP contribution in [0.2, 0.25) is 0 Å². The van der Waals surface area contributed by atoms with E-state index in [1.807, 2.05) is 44.2 Å². The topological polar surface area (TPSA) is 110 Å². The molecule has 0 saturated carbocycles. The lowest BCUT2D eigenvalue weighted by Crippen LogP contribution is -2.45. The average Bonchev–Trinajstić information content (AvgIpc) is 3.14. The van der Waals surface area contributed by atoms with Gasteiger partial charge in [0.25, 0.3) is 0 Å². The van der Waals surface area contributed by atoms with Crippen LogP contribution in [0.25, 0.3) is 5.69 Å². The highest BCUT2D eigenvalue weighted by atomic mass is 32.2. The number of rotatable bonds is 4. The summed E-state index contributed by atoms with van der Waals surface area (Å²) in [6, 6.07) is 9.61. The normalized spacial score (nSPS) is 18.2. The summed E-state index contributed by atoms with van der Waals surface area (Å²) in [4.78, 5) is 24.2. The molecule has 2 aromatic rings. The first kappa shape index (κ1) is 19.1. The molecule has 0 unspecified atom stereocenters. The molecule has 1 aliphatic rings. The van der Waals surface area contributed by atoms with E-state index in [9.17, 15) is 18.0 Å². The Hall–Kier alpha value is -2.68. The van der Waals surface area contributed by atoms with Gasteiger partial charge < -0.3 is 0 Å². The minimum atomic E-state index is -3.15. The molecule has 27 heavy (non-hydrogen) atoms. The van der Waals surface area contributed by atoms with E-state index in [2.05, 4.69) is 16.0 Å². The predicted octanol–water partition coefficient (Wildman–Crippen LogP) is 0.614. The van der Waals surface area contributed by atoms with Crippen molar-refractivity contribution < 1.29 is 18.0 Å². The summed E-state index contributed by atoms with van der Waals surface area (Å²) in [5.41, 5.74) is 7.97. The van der Waals surface area contributed by atoms with Crippen molar-refractivity contribution >= 4 is 21.7 Å². The lowest BCUT2D eigenvalue weighted by molar-refractivity contribution is -0.130. The zero-order chi connectivity index (χ0) is 19.6. The first-order valence-corrected chi connectivity index (χ1v) is 10.5. The third-order valence-corrected chi connectivity index (χ3v) is 6.48. The molecule has 1 saturated heterocycles. The number of benzene rings is 1. The van der Waals surface area contributed by atoms with E-state index in [1.54, 1.807) is 4.68 Å². The molecule has 144 valence electrons. The third kappa shape index (κ3) is 4.36. The summed E-state index contributed by atoms with van der Waals surface area (Å²) in [6.07, 6.45) is 0.347. The minimum absolute atomic E-state index is 0.0100. The van der Waals surface area contributed by atoms with Crippen molar-refractivity contribution in [2.45, 2.75) is 26.7 Å². The van der Waals surface area contributed by atoms with E-state index >= 15 is 0 Å². The second-order valence-electron chi connectivity index (χ2n) is 6.71. The lowest BCUT2D eigenvalue weighted by atomic mass is 10.1. The fourth-order valence-corrected chi connectivity index (χ4v) is 4.93. The number of aryl methyl sites for hydroxylation is 1. The average molecular weight is 390 g/mol. The molecule has 1 aromatic heterocycles. The quantitative estimate of drug-likeness (QED) is 0.744. The molecule has 0 spiro atoms. The molecular formula is C18H22N4O4S. The molecule has 1 aromatic carbocycles. The number of carbonyl (C=O) groups excluding carboxylic acids is 2. The van der Waals surface area contributed by atoms with Gasteiger partial charge in [0.1, 0.15) is 0 Å². The van der Waals surface area contributed by atoms with E-state index < -0.39 is 21.7 Å². The van der Waals surface area contributed by atoms with Gasteiger partial charge in [-0.3, -0.25) is 20.4 Å². The maximum atomic E-state index is 12.2. The van der Waals surface area contributed by atoms with Gasteiger partial charge in [-0.2, -0.15) is 5.10 Å². The Morgan fingerprint density at radius 3 is 2.52 bits per heavy atom. The molecule has 8 nitrogen and oxygen atoms in total. The molecule has 9 heteroatoms. The van der Waals surface area contributed by atoms with Crippen LogP contribution in [0.5, 0.6) is 0 Å². The van der Waals surface area contributed by atoms with Crippen LogP contribution in [-0.4, -0.2) is 41.5 Å². The van der Waals surface area contributed by atoms with Gasteiger partial charge in [0.2, 0.25) is 11.8 Å². The number of hydrogen-bond acceptors (Lipinski definition) is 5. The Balaban J connectivity index is 1.62. The lowest BCUT2D eigenvalue weighted by Gasteiger charge is -2.11.